The highest BCUT2D eigenvalue weighted by Gasteiger charge is 2.46. The molecule has 0 aromatic heterocycles. The number of thioether (sulfide) groups is 1. The van der Waals surface area contributed by atoms with Crippen LogP contribution in [0.4, 0.5) is 13.2 Å². The van der Waals surface area contributed by atoms with Gasteiger partial charge in [0.05, 0.1) is 30.6 Å². The van der Waals surface area contributed by atoms with Gasteiger partial charge >= 0.3 is 18.1 Å². The number of aliphatic imine (C=N–C) groups is 1. The number of alkyl halides is 3. The van der Waals surface area contributed by atoms with Crippen LogP contribution in [0.1, 0.15) is 30.9 Å². The van der Waals surface area contributed by atoms with E-state index >= 15 is 0 Å². The van der Waals surface area contributed by atoms with E-state index in [2.05, 4.69) is 10.3 Å². The maximum atomic E-state index is 13.9. The number of halogens is 3. The number of nitrogens with one attached hydrogen (secondary N) is 1. The number of carbonyl (C=O) groups excluding carboxylic acids is 3. The summed E-state index contributed by atoms with van der Waals surface area (Å²) in [4.78, 5) is 40.5. The van der Waals surface area contributed by atoms with Crippen molar-refractivity contribution in [2.45, 2.75) is 25.9 Å². The Morgan fingerprint density at radius 2 is 1.97 bits per heavy atom. The quantitative estimate of drug-likeness (QED) is 0.310. The molecule has 180 valence electrons. The molecule has 1 aliphatic rings. The Kier molecular flexibility index (Phi) is 9.51. The van der Waals surface area contributed by atoms with Crippen molar-refractivity contribution in [1.82, 2.24) is 5.32 Å². The highest BCUT2D eigenvalue weighted by Crippen LogP contribution is 2.45. The van der Waals surface area contributed by atoms with Gasteiger partial charge in [0.25, 0.3) is 0 Å². The fraction of sp³-hybridized carbons (Fsp3) is 0.455. The molecule has 1 amide bonds. The molecule has 0 saturated carbocycles. The van der Waals surface area contributed by atoms with Gasteiger partial charge in [0.1, 0.15) is 5.92 Å². The monoisotopic (exact) mass is 486 g/mol. The van der Waals surface area contributed by atoms with Gasteiger partial charge in [0.15, 0.2) is 0 Å². The van der Waals surface area contributed by atoms with Crippen molar-refractivity contribution >= 4 is 35.8 Å². The Hall–Kier alpha value is -2.82. The highest BCUT2D eigenvalue weighted by molar-refractivity contribution is 7.99. The van der Waals surface area contributed by atoms with Gasteiger partial charge < -0.3 is 14.8 Å². The average molecular weight is 487 g/mol. The Morgan fingerprint density at radius 1 is 1.27 bits per heavy atom. The van der Waals surface area contributed by atoms with Crippen LogP contribution < -0.4 is 5.32 Å². The van der Waals surface area contributed by atoms with Crippen molar-refractivity contribution in [2.24, 2.45) is 10.9 Å². The number of ether oxygens (including phenoxy) is 2. The number of nitrogens with zero attached hydrogens (tertiary/aromatic N) is 1. The van der Waals surface area contributed by atoms with Crippen molar-refractivity contribution in [2.75, 3.05) is 31.8 Å². The largest absolute Gasteiger partial charge is 0.468 e. The standard InChI is InChI=1S/C22H25F3N2O5S/c1-4-32-21(30)19-16(11-33-10-9-26-12-28)27-13(2)17(20(29)31-3)18(19)14-7-5-6-8-15(14)22(23,24)25/h5-8,12,17-18H,4,9-11H2,1-3H3,(H,26,28). The highest BCUT2D eigenvalue weighted by atomic mass is 32.2. The zero-order valence-corrected chi connectivity index (χ0v) is 19.2. The Morgan fingerprint density at radius 3 is 2.58 bits per heavy atom. The van der Waals surface area contributed by atoms with Crippen molar-refractivity contribution in [3.63, 3.8) is 0 Å². The van der Waals surface area contributed by atoms with Crippen LogP contribution in [0.2, 0.25) is 0 Å². The van der Waals surface area contributed by atoms with E-state index in [1.165, 1.54) is 36.9 Å². The lowest BCUT2D eigenvalue weighted by Crippen LogP contribution is -2.37. The van der Waals surface area contributed by atoms with Crippen molar-refractivity contribution in [3.8, 4) is 0 Å². The molecule has 1 aliphatic heterocycles. The number of amides is 1. The third-order valence-electron chi connectivity index (χ3n) is 4.98. The first-order valence-corrected chi connectivity index (χ1v) is 11.3. The van der Waals surface area contributed by atoms with E-state index in [0.717, 1.165) is 13.2 Å². The first-order chi connectivity index (χ1) is 15.7. The van der Waals surface area contributed by atoms with E-state index < -0.39 is 35.5 Å². The molecule has 0 fully saturated rings. The SMILES string of the molecule is CCOC(=O)C1=C(CSCCNC=O)N=C(C)C(C(=O)OC)C1c1ccccc1C(F)(F)F. The van der Waals surface area contributed by atoms with E-state index in [9.17, 15) is 27.6 Å². The van der Waals surface area contributed by atoms with E-state index in [1.807, 2.05) is 0 Å². The molecular formula is C22H25F3N2O5S. The maximum absolute atomic E-state index is 13.9. The van der Waals surface area contributed by atoms with Crippen LogP contribution in [-0.4, -0.2) is 55.8 Å². The lowest BCUT2D eigenvalue weighted by Gasteiger charge is -2.33. The lowest BCUT2D eigenvalue weighted by atomic mass is 9.74. The first-order valence-electron chi connectivity index (χ1n) is 10.1. The van der Waals surface area contributed by atoms with Crippen LogP contribution in [0.15, 0.2) is 40.5 Å². The molecule has 11 heteroatoms. The molecular weight excluding hydrogens is 461 g/mol. The van der Waals surface area contributed by atoms with Gasteiger partial charge in [0, 0.05) is 29.7 Å². The molecule has 0 bridgehead atoms. The van der Waals surface area contributed by atoms with Crippen molar-refractivity contribution in [1.29, 1.82) is 0 Å². The normalized spacial score (nSPS) is 18.4. The van der Waals surface area contributed by atoms with Crippen molar-refractivity contribution in [3.05, 3.63) is 46.7 Å². The molecule has 0 spiro atoms. The summed E-state index contributed by atoms with van der Waals surface area (Å²) < 4.78 is 51.7. The summed E-state index contributed by atoms with van der Waals surface area (Å²) in [7, 11) is 1.13. The number of methoxy groups -OCH3 is 1. The third-order valence-corrected chi connectivity index (χ3v) is 5.95. The maximum Gasteiger partial charge on any atom is 0.416 e. The third kappa shape index (κ3) is 6.37. The average Bonchev–Trinajstić information content (AvgIpc) is 2.77. The molecule has 1 aromatic rings. The molecule has 7 nitrogen and oxygen atoms in total. The second kappa shape index (κ2) is 11.9. The summed E-state index contributed by atoms with van der Waals surface area (Å²) in [5, 5.41) is 2.51. The number of rotatable bonds is 10. The van der Waals surface area contributed by atoms with E-state index in [4.69, 9.17) is 9.47 Å². The predicted molar refractivity (Wildman–Crippen MR) is 118 cm³/mol. The van der Waals surface area contributed by atoms with Gasteiger partial charge in [-0.1, -0.05) is 18.2 Å². The topological polar surface area (TPSA) is 94.1 Å². The van der Waals surface area contributed by atoms with Crippen LogP contribution in [0.3, 0.4) is 0 Å². The Balaban J connectivity index is 2.69. The number of esters is 2. The summed E-state index contributed by atoms with van der Waals surface area (Å²) in [6.45, 7) is 3.45. The molecule has 33 heavy (non-hydrogen) atoms. The molecule has 2 atom stereocenters. The van der Waals surface area contributed by atoms with Crippen LogP contribution in [0, 0.1) is 5.92 Å². The van der Waals surface area contributed by atoms with E-state index in [0.29, 0.717) is 18.7 Å². The molecule has 1 heterocycles. The minimum Gasteiger partial charge on any atom is -0.468 e. The smallest absolute Gasteiger partial charge is 0.416 e. The minimum absolute atomic E-state index is 0.00869. The zero-order valence-electron chi connectivity index (χ0n) is 18.4. The Bertz CT molecular complexity index is 946. The first kappa shape index (κ1) is 26.4. The minimum atomic E-state index is -4.71. The number of benzene rings is 1. The fourth-order valence-electron chi connectivity index (χ4n) is 3.65. The van der Waals surface area contributed by atoms with E-state index in [-0.39, 0.29) is 34.9 Å². The van der Waals surface area contributed by atoms with Gasteiger partial charge in [-0.25, -0.2) is 4.79 Å². The van der Waals surface area contributed by atoms with E-state index in [1.54, 1.807) is 6.92 Å². The molecule has 2 rings (SSSR count). The van der Waals surface area contributed by atoms with Crippen LogP contribution in [0.25, 0.3) is 0 Å². The summed E-state index contributed by atoms with van der Waals surface area (Å²) in [5.74, 6) is -3.52. The summed E-state index contributed by atoms with van der Waals surface area (Å²) >= 11 is 1.33. The fourth-order valence-corrected chi connectivity index (χ4v) is 4.47. The van der Waals surface area contributed by atoms with Gasteiger partial charge in [-0.3, -0.25) is 14.6 Å². The number of hydrogen-bond acceptors (Lipinski definition) is 7. The van der Waals surface area contributed by atoms with Gasteiger partial charge in [-0.05, 0) is 25.5 Å². The molecule has 0 saturated heterocycles. The molecule has 0 radical (unpaired) electrons. The van der Waals surface area contributed by atoms with Crippen LogP contribution in [0.5, 0.6) is 0 Å². The predicted octanol–water partition coefficient (Wildman–Crippen LogP) is 3.35. The Labute approximate surface area is 193 Å². The zero-order chi connectivity index (χ0) is 24.6. The number of hydrogen-bond donors (Lipinski definition) is 1. The molecule has 0 aliphatic carbocycles. The van der Waals surface area contributed by atoms with Gasteiger partial charge in [-0.15, -0.1) is 0 Å². The summed E-state index contributed by atoms with van der Waals surface area (Å²) in [5.41, 5.74) is -0.835. The summed E-state index contributed by atoms with van der Waals surface area (Å²) in [6, 6.07) is 4.82. The molecule has 2 unspecified atom stereocenters. The number of carbonyl (C=O) groups is 3. The van der Waals surface area contributed by atoms with Gasteiger partial charge in [0.2, 0.25) is 6.41 Å². The lowest BCUT2D eigenvalue weighted by molar-refractivity contribution is -0.145. The van der Waals surface area contributed by atoms with Crippen LogP contribution in [-0.2, 0) is 30.0 Å². The molecule has 1 aromatic carbocycles. The van der Waals surface area contributed by atoms with Gasteiger partial charge in [-0.2, -0.15) is 24.9 Å². The van der Waals surface area contributed by atoms with Crippen LogP contribution >= 0.6 is 11.8 Å². The second-order valence-electron chi connectivity index (χ2n) is 7.02. The molecule has 1 N–H and O–H groups in total. The second-order valence-corrected chi connectivity index (χ2v) is 8.13. The van der Waals surface area contributed by atoms with Crippen molar-refractivity contribution < 1.29 is 37.0 Å². The summed E-state index contributed by atoms with van der Waals surface area (Å²) in [6.07, 6.45) is -4.16.